The van der Waals surface area contributed by atoms with Crippen molar-refractivity contribution in [1.82, 2.24) is 15.0 Å². The maximum Gasteiger partial charge on any atom is 0.338 e. The maximum absolute atomic E-state index is 13.3. The number of benzene rings is 3. The summed E-state index contributed by atoms with van der Waals surface area (Å²) in [6.45, 7) is 1.30. The smallest absolute Gasteiger partial charge is 0.338 e. The first kappa shape index (κ1) is 33.3. The van der Waals surface area contributed by atoms with Gasteiger partial charge in [0.25, 0.3) is 5.91 Å². The molecule has 4 aromatic rings. The molecule has 238 valence electrons. The summed E-state index contributed by atoms with van der Waals surface area (Å²) in [4.78, 5) is 49.0. The fourth-order valence-electron chi connectivity index (χ4n) is 4.02. The molecule has 1 heterocycles. The van der Waals surface area contributed by atoms with E-state index in [4.69, 9.17) is 9.15 Å². The average molecular weight is 646 g/mol. The number of rotatable bonds is 13. The molecule has 0 saturated heterocycles. The SMILES string of the molecule is CCOC(=O)c1ccc(NC(=O)C(=O)NCc2ccc(/C=N\NC(=O)CN(Cc3ccccc3)S(=O)(=O)c3ccccc3)o2)cc1. The Balaban J connectivity index is 1.27. The molecular formula is C32H31N5O8S. The zero-order chi connectivity index (χ0) is 32.9. The molecule has 0 saturated carbocycles. The summed E-state index contributed by atoms with van der Waals surface area (Å²) in [5, 5.41) is 8.70. The second kappa shape index (κ2) is 15.9. The number of carbonyl (C=O) groups is 4. The quantitative estimate of drug-likeness (QED) is 0.0860. The first-order valence-electron chi connectivity index (χ1n) is 14.0. The van der Waals surface area contributed by atoms with Crippen LogP contribution in [0.25, 0.3) is 0 Å². The van der Waals surface area contributed by atoms with Crippen molar-refractivity contribution in [3.8, 4) is 0 Å². The van der Waals surface area contributed by atoms with Crippen LogP contribution < -0.4 is 16.1 Å². The van der Waals surface area contributed by atoms with Crippen molar-refractivity contribution >= 4 is 45.6 Å². The predicted octanol–water partition coefficient (Wildman–Crippen LogP) is 3.05. The fourth-order valence-corrected chi connectivity index (χ4v) is 5.42. The summed E-state index contributed by atoms with van der Waals surface area (Å²) < 4.78 is 38.1. The lowest BCUT2D eigenvalue weighted by Crippen LogP contribution is -2.39. The summed E-state index contributed by atoms with van der Waals surface area (Å²) >= 11 is 0. The van der Waals surface area contributed by atoms with Crippen molar-refractivity contribution in [3.63, 3.8) is 0 Å². The molecule has 14 heteroatoms. The number of esters is 1. The van der Waals surface area contributed by atoms with E-state index in [1.807, 2.05) is 6.07 Å². The minimum Gasteiger partial charge on any atom is -0.462 e. The van der Waals surface area contributed by atoms with Gasteiger partial charge in [0, 0.05) is 12.2 Å². The zero-order valence-electron chi connectivity index (χ0n) is 24.7. The number of ether oxygens (including phenoxy) is 1. The van der Waals surface area contributed by atoms with Gasteiger partial charge in [-0.25, -0.2) is 18.6 Å². The molecule has 1 aromatic heterocycles. The summed E-state index contributed by atoms with van der Waals surface area (Å²) in [6, 6.07) is 25.7. The van der Waals surface area contributed by atoms with Gasteiger partial charge in [-0.15, -0.1) is 0 Å². The lowest BCUT2D eigenvalue weighted by Gasteiger charge is -2.21. The van der Waals surface area contributed by atoms with Gasteiger partial charge in [-0.05, 0) is 61.0 Å². The van der Waals surface area contributed by atoms with Crippen molar-refractivity contribution in [2.24, 2.45) is 5.10 Å². The third kappa shape index (κ3) is 9.45. The Morgan fingerprint density at radius 1 is 0.870 bits per heavy atom. The number of hydrogen-bond acceptors (Lipinski definition) is 9. The number of nitrogens with zero attached hydrogens (tertiary/aromatic N) is 2. The normalized spacial score (nSPS) is 11.3. The fraction of sp³-hybridized carbons (Fsp3) is 0.156. The van der Waals surface area contributed by atoms with Crippen LogP contribution in [0, 0.1) is 0 Å². The molecule has 0 aliphatic carbocycles. The van der Waals surface area contributed by atoms with E-state index in [9.17, 15) is 27.6 Å². The first-order valence-corrected chi connectivity index (χ1v) is 15.5. The van der Waals surface area contributed by atoms with Crippen LogP contribution in [0.2, 0.25) is 0 Å². The number of anilines is 1. The lowest BCUT2D eigenvalue weighted by molar-refractivity contribution is -0.136. The van der Waals surface area contributed by atoms with Crippen LogP contribution >= 0.6 is 0 Å². The van der Waals surface area contributed by atoms with E-state index in [1.54, 1.807) is 55.5 Å². The maximum atomic E-state index is 13.3. The van der Waals surface area contributed by atoms with Crippen LogP contribution in [-0.2, 0) is 42.2 Å². The van der Waals surface area contributed by atoms with Crippen LogP contribution in [0.15, 0.2) is 111 Å². The topological polar surface area (TPSA) is 176 Å². The molecule has 0 radical (unpaired) electrons. The van der Waals surface area contributed by atoms with Crippen LogP contribution in [-0.4, -0.2) is 55.8 Å². The van der Waals surface area contributed by atoms with E-state index in [2.05, 4.69) is 21.2 Å². The van der Waals surface area contributed by atoms with Crippen molar-refractivity contribution in [1.29, 1.82) is 0 Å². The molecule has 0 fully saturated rings. The van der Waals surface area contributed by atoms with Gasteiger partial charge in [-0.3, -0.25) is 14.4 Å². The molecule has 3 N–H and O–H groups in total. The Hall–Kier alpha value is -5.60. The second-order valence-corrected chi connectivity index (χ2v) is 11.5. The Morgan fingerprint density at radius 2 is 1.54 bits per heavy atom. The number of amides is 3. The molecule has 0 aliphatic heterocycles. The van der Waals surface area contributed by atoms with Crippen LogP contribution in [0.4, 0.5) is 5.69 Å². The minimum atomic E-state index is -3.99. The van der Waals surface area contributed by atoms with E-state index in [-0.39, 0.29) is 30.4 Å². The largest absolute Gasteiger partial charge is 0.462 e. The van der Waals surface area contributed by atoms with Gasteiger partial charge in [0.2, 0.25) is 10.0 Å². The zero-order valence-corrected chi connectivity index (χ0v) is 25.5. The van der Waals surface area contributed by atoms with E-state index in [0.29, 0.717) is 22.6 Å². The van der Waals surface area contributed by atoms with Gasteiger partial charge in [0.1, 0.15) is 11.5 Å². The summed E-state index contributed by atoms with van der Waals surface area (Å²) in [5.41, 5.74) is 3.62. The molecule has 0 bridgehead atoms. The molecule has 46 heavy (non-hydrogen) atoms. The number of nitrogens with one attached hydrogen (secondary N) is 3. The average Bonchev–Trinajstić information content (AvgIpc) is 3.52. The van der Waals surface area contributed by atoms with E-state index < -0.39 is 40.3 Å². The van der Waals surface area contributed by atoms with Gasteiger partial charge in [0.05, 0.1) is 36.4 Å². The summed E-state index contributed by atoms with van der Waals surface area (Å²) in [5.74, 6) is -2.48. The number of furan rings is 1. The predicted molar refractivity (Wildman–Crippen MR) is 168 cm³/mol. The number of sulfonamides is 1. The van der Waals surface area contributed by atoms with E-state index >= 15 is 0 Å². The Kier molecular flexibility index (Phi) is 11.5. The Bertz CT molecular complexity index is 1790. The van der Waals surface area contributed by atoms with Crippen LogP contribution in [0.3, 0.4) is 0 Å². The van der Waals surface area contributed by atoms with E-state index in [0.717, 1.165) is 4.31 Å². The van der Waals surface area contributed by atoms with Crippen LogP contribution in [0.5, 0.6) is 0 Å². The van der Waals surface area contributed by atoms with Gasteiger partial charge in [-0.2, -0.15) is 9.41 Å². The van der Waals surface area contributed by atoms with Crippen molar-refractivity contribution in [2.75, 3.05) is 18.5 Å². The molecule has 3 aromatic carbocycles. The van der Waals surface area contributed by atoms with E-state index in [1.165, 1.54) is 48.7 Å². The molecule has 3 amide bonds. The molecule has 13 nitrogen and oxygen atoms in total. The molecule has 4 rings (SSSR count). The highest BCUT2D eigenvalue weighted by molar-refractivity contribution is 7.89. The van der Waals surface area contributed by atoms with Crippen molar-refractivity contribution in [3.05, 3.63) is 120 Å². The summed E-state index contributed by atoms with van der Waals surface area (Å²) in [7, 11) is -3.99. The number of hydrazone groups is 1. The molecule has 0 spiro atoms. The van der Waals surface area contributed by atoms with Gasteiger partial charge >= 0.3 is 17.8 Å². The van der Waals surface area contributed by atoms with Crippen molar-refractivity contribution in [2.45, 2.75) is 24.9 Å². The van der Waals surface area contributed by atoms with Crippen molar-refractivity contribution < 1.29 is 36.7 Å². The number of carbonyl (C=O) groups excluding carboxylic acids is 4. The molecule has 0 aliphatic rings. The molecular weight excluding hydrogens is 614 g/mol. The highest BCUT2D eigenvalue weighted by atomic mass is 32.2. The third-order valence-electron chi connectivity index (χ3n) is 6.25. The lowest BCUT2D eigenvalue weighted by atomic mass is 10.2. The standard InChI is InChI=1S/C32H31N5O8S/c1-2-44-32(41)24-13-15-25(16-14-24)35-31(40)30(39)33-19-26-17-18-27(45-26)20-34-36-29(38)22-37(21-23-9-5-3-6-10-23)46(42,43)28-11-7-4-8-12-28/h3-18,20H,2,19,21-22H2,1H3,(H,33,39)(H,35,40)(H,36,38)/b34-20-. The Labute approximate surface area is 265 Å². The third-order valence-corrected chi connectivity index (χ3v) is 8.06. The van der Waals surface area contributed by atoms with Gasteiger partial charge in [-0.1, -0.05) is 48.5 Å². The highest BCUT2D eigenvalue weighted by Gasteiger charge is 2.26. The second-order valence-electron chi connectivity index (χ2n) is 9.60. The Morgan fingerprint density at radius 3 is 2.22 bits per heavy atom. The first-order chi connectivity index (χ1) is 22.2. The van der Waals surface area contributed by atoms with Crippen LogP contribution in [0.1, 0.15) is 34.4 Å². The van der Waals surface area contributed by atoms with Gasteiger partial charge < -0.3 is 19.8 Å². The molecule has 0 atom stereocenters. The minimum absolute atomic E-state index is 0.0255. The molecule has 0 unspecified atom stereocenters. The summed E-state index contributed by atoms with van der Waals surface area (Å²) in [6.07, 6.45) is 1.21. The number of hydrogen-bond donors (Lipinski definition) is 3. The monoisotopic (exact) mass is 645 g/mol. The van der Waals surface area contributed by atoms with Gasteiger partial charge in [0.15, 0.2) is 0 Å². The highest BCUT2D eigenvalue weighted by Crippen LogP contribution is 2.18.